The van der Waals surface area contributed by atoms with Crippen LogP contribution in [0.3, 0.4) is 0 Å². The molecule has 14 heteroatoms. The maximum absolute atomic E-state index is 12.8. The number of carbonyl (C=O) groups is 1. The Kier molecular flexibility index (Phi) is 7.70. The van der Waals surface area contributed by atoms with Gasteiger partial charge < -0.3 is 0 Å². The molecule has 0 fully saturated rings. The lowest BCUT2D eigenvalue weighted by molar-refractivity contribution is -0.384. The molecule has 0 aliphatic heterocycles. The predicted molar refractivity (Wildman–Crippen MR) is 111 cm³/mol. The van der Waals surface area contributed by atoms with E-state index in [9.17, 15) is 36.5 Å². The average Bonchev–Trinajstić information content (AvgIpc) is 2.71. The van der Waals surface area contributed by atoms with E-state index in [2.05, 4.69) is 10.9 Å². The second-order valence-electron chi connectivity index (χ2n) is 6.30. The van der Waals surface area contributed by atoms with Crippen LogP contribution in [0.2, 0.25) is 5.02 Å². The van der Waals surface area contributed by atoms with Crippen molar-refractivity contribution in [3.8, 4) is 0 Å². The normalized spacial score (nSPS) is 12.0. The molecule has 0 radical (unpaired) electrons. The van der Waals surface area contributed by atoms with Crippen LogP contribution in [0.4, 0.5) is 24.5 Å². The molecule has 2 N–H and O–H groups in total. The van der Waals surface area contributed by atoms with Gasteiger partial charge in [0.2, 0.25) is 10.0 Å². The van der Waals surface area contributed by atoms with Crippen molar-refractivity contribution in [1.82, 2.24) is 9.73 Å². The number of rotatable bonds is 8. The van der Waals surface area contributed by atoms with Gasteiger partial charge in [-0.1, -0.05) is 25.4 Å². The summed E-state index contributed by atoms with van der Waals surface area (Å²) in [5, 5.41) is 11.0. The van der Waals surface area contributed by atoms with Crippen molar-refractivity contribution >= 4 is 38.9 Å². The Morgan fingerprint density at radius 1 is 1.16 bits per heavy atom. The van der Waals surface area contributed by atoms with E-state index in [1.807, 2.05) is 0 Å². The molecule has 0 aromatic heterocycles. The number of hydrazine groups is 1. The third-order valence-corrected chi connectivity index (χ3v) is 6.73. The maximum atomic E-state index is 12.8. The standard InChI is InChI=1S/C18H18ClF3N4O5S/c1-3-25(4-2)32(30,31)12-6-7-14(19)13(10-12)17(27)24-23-15-8-5-11(18(20,21)22)9-16(15)26(28)29/h5-10,23H,3-4H2,1-2H3,(H,24,27). The van der Waals surface area contributed by atoms with E-state index >= 15 is 0 Å². The first kappa shape index (κ1) is 25.4. The fourth-order valence-corrected chi connectivity index (χ4v) is 4.40. The largest absolute Gasteiger partial charge is 0.416 e. The molecule has 174 valence electrons. The quantitative estimate of drug-likeness (QED) is 0.421. The molecule has 2 aromatic rings. The van der Waals surface area contributed by atoms with Crippen molar-refractivity contribution in [3.05, 3.63) is 62.7 Å². The van der Waals surface area contributed by atoms with Gasteiger partial charge in [0.05, 0.1) is 26.0 Å². The monoisotopic (exact) mass is 494 g/mol. The van der Waals surface area contributed by atoms with Crippen LogP contribution < -0.4 is 10.9 Å². The zero-order valence-corrected chi connectivity index (χ0v) is 18.3. The van der Waals surface area contributed by atoms with Gasteiger partial charge >= 0.3 is 6.18 Å². The summed E-state index contributed by atoms with van der Waals surface area (Å²) in [6, 6.07) is 5.16. The van der Waals surface area contributed by atoms with Crippen LogP contribution in [0.5, 0.6) is 0 Å². The van der Waals surface area contributed by atoms with E-state index in [-0.39, 0.29) is 28.6 Å². The van der Waals surface area contributed by atoms with E-state index in [0.717, 1.165) is 12.1 Å². The number of carbonyl (C=O) groups excluding carboxylic acids is 1. The van der Waals surface area contributed by atoms with Gasteiger partial charge in [-0.2, -0.15) is 17.5 Å². The van der Waals surface area contributed by atoms with Crippen molar-refractivity contribution in [2.75, 3.05) is 18.5 Å². The summed E-state index contributed by atoms with van der Waals surface area (Å²) in [5.74, 6) is -0.958. The molecule has 32 heavy (non-hydrogen) atoms. The zero-order valence-electron chi connectivity index (χ0n) is 16.7. The molecular formula is C18H18ClF3N4O5S. The molecule has 0 aliphatic rings. The maximum Gasteiger partial charge on any atom is 0.416 e. The van der Waals surface area contributed by atoms with Gasteiger partial charge in [0.25, 0.3) is 11.6 Å². The number of anilines is 1. The molecule has 1 amide bonds. The molecular weight excluding hydrogens is 477 g/mol. The number of hydrogen-bond acceptors (Lipinski definition) is 6. The van der Waals surface area contributed by atoms with E-state index in [4.69, 9.17) is 11.6 Å². The van der Waals surface area contributed by atoms with E-state index < -0.39 is 44.0 Å². The van der Waals surface area contributed by atoms with Crippen LogP contribution in [-0.2, 0) is 16.2 Å². The second-order valence-corrected chi connectivity index (χ2v) is 8.64. The highest BCUT2D eigenvalue weighted by atomic mass is 35.5. The number of nitro benzene ring substituents is 1. The molecule has 0 unspecified atom stereocenters. The Bertz CT molecular complexity index is 1140. The van der Waals surface area contributed by atoms with Crippen molar-refractivity contribution in [2.24, 2.45) is 0 Å². The lowest BCUT2D eigenvalue weighted by Gasteiger charge is -2.19. The predicted octanol–water partition coefficient (Wildman–Crippen LogP) is 4.05. The number of halogens is 4. The minimum absolute atomic E-state index is 0.107. The first-order valence-corrected chi connectivity index (χ1v) is 10.9. The van der Waals surface area contributed by atoms with Gasteiger partial charge in [0.15, 0.2) is 0 Å². The summed E-state index contributed by atoms with van der Waals surface area (Å²) in [7, 11) is -3.90. The summed E-state index contributed by atoms with van der Waals surface area (Å²) in [6.45, 7) is 3.68. The summed E-state index contributed by atoms with van der Waals surface area (Å²) in [5.41, 5.74) is 1.41. The Hall–Kier alpha value is -2.90. The molecule has 0 spiro atoms. The Morgan fingerprint density at radius 3 is 2.31 bits per heavy atom. The number of amides is 1. The highest BCUT2D eigenvalue weighted by molar-refractivity contribution is 7.89. The SMILES string of the molecule is CCN(CC)S(=O)(=O)c1ccc(Cl)c(C(=O)NNc2ccc(C(F)(F)F)cc2[N+](=O)[O-])c1. The first-order valence-electron chi connectivity index (χ1n) is 9.04. The van der Waals surface area contributed by atoms with Crippen LogP contribution in [-0.4, -0.2) is 36.6 Å². The highest BCUT2D eigenvalue weighted by Gasteiger charge is 2.33. The van der Waals surface area contributed by atoms with Gasteiger partial charge in [0, 0.05) is 19.2 Å². The fourth-order valence-electron chi connectivity index (χ4n) is 2.71. The lowest BCUT2D eigenvalue weighted by atomic mass is 10.1. The van der Waals surface area contributed by atoms with Crippen LogP contribution in [0.25, 0.3) is 0 Å². The Morgan fingerprint density at radius 2 is 1.78 bits per heavy atom. The second kappa shape index (κ2) is 9.71. The number of nitro groups is 1. The van der Waals surface area contributed by atoms with Crippen molar-refractivity contribution in [1.29, 1.82) is 0 Å². The molecule has 0 aliphatic carbocycles. The first-order chi connectivity index (χ1) is 14.8. The summed E-state index contributed by atoms with van der Waals surface area (Å²) < 4.78 is 64.9. The van der Waals surface area contributed by atoms with E-state index in [0.29, 0.717) is 12.1 Å². The van der Waals surface area contributed by atoms with Crippen molar-refractivity contribution < 1.29 is 31.3 Å². The molecule has 0 atom stereocenters. The van der Waals surface area contributed by atoms with Crippen LogP contribution in [0.1, 0.15) is 29.8 Å². The highest BCUT2D eigenvalue weighted by Crippen LogP contribution is 2.34. The molecule has 2 rings (SSSR count). The number of sulfonamides is 1. The molecule has 9 nitrogen and oxygen atoms in total. The minimum atomic E-state index is -4.79. The Labute approximate surface area is 186 Å². The summed E-state index contributed by atoms with van der Waals surface area (Å²) in [6.07, 6.45) is -4.79. The number of hydrogen-bond donors (Lipinski definition) is 2. The number of nitrogens with one attached hydrogen (secondary N) is 2. The van der Waals surface area contributed by atoms with E-state index in [1.165, 1.54) is 16.4 Å². The third-order valence-electron chi connectivity index (χ3n) is 4.36. The van der Waals surface area contributed by atoms with Crippen molar-refractivity contribution in [3.63, 3.8) is 0 Å². The smallest absolute Gasteiger partial charge is 0.292 e. The van der Waals surface area contributed by atoms with Gasteiger partial charge in [-0.25, -0.2) is 8.42 Å². The summed E-state index contributed by atoms with van der Waals surface area (Å²) in [4.78, 5) is 22.4. The molecule has 0 bridgehead atoms. The summed E-state index contributed by atoms with van der Waals surface area (Å²) >= 11 is 5.99. The third kappa shape index (κ3) is 5.47. The lowest BCUT2D eigenvalue weighted by Crippen LogP contribution is -2.32. The topological polar surface area (TPSA) is 122 Å². The van der Waals surface area contributed by atoms with Crippen molar-refractivity contribution in [2.45, 2.75) is 24.9 Å². The van der Waals surface area contributed by atoms with Crippen LogP contribution in [0, 0.1) is 10.1 Å². The van der Waals surface area contributed by atoms with Gasteiger partial charge in [-0.15, -0.1) is 0 Å². The molecule has 0 heterocycles. The number of alkyl halides is 3. The number of nitrogens with zero attached hydrogens (tertiary/aromatic N) is 2. The van der Waals surface area contributed by atoms with Gasteiger partial charge in [-0.3, -0.25) is 25.8 Å². The van der Waals surface area contributed by atoms with E-state index in [1.54, 1.807) is 13.8 Å². The van der Waals surface area contributed by atoms with Gasteiger partial charge in [-0.05, 0) is 30.3 Å². The van der Waals surface area contributed by atoms with Gasteiger partial charge in [0.1, 0.15) is 5.69 Å². The van der Waals surface area contributed by atoms with Crippen LogP contribution in [0.15, 0.2) is 41.3 Å². The molecule has 0 saturated carbocycles. The number of benzene rings is 2. The molecule has 2 aromatic carbocycles. The fraction of sp³-hybridized carbons (Fsp3) is 0.278. The molecule has 0 saturated heterocycles. The average molecular weight is 495 g/mol. The minimum Gasteiger partial charge on any atom is -0.292 e. The Balaban J connectivity index is 2.32. The van der Waals surface area contributed by atoms with Crippen LogP contribution >= 0.6 is 11.6 Å². The zero-order chi connectivity index (χ0) is 24.3.